The van der Waals surface area contributed by atoms with Crippen molar-refractivity contribution >= 4 is 17.2 Å². The summed E-state index contributed by atoms with van der Waals surface area (Å²) in [6.45, 7) is 0. The third-order valence-electron chi connectivity index (χ3n) is 5.45. The van der Waals surface area contributed by atoms with Gasteiger partial charge in [-0.1, -0.05) is 54.1 Å². The zero-order valence-corrected chi connectivity index (χ0v) is 18.0. The number of aromatic nitrogens is 3. The predicted octanol–water partition coefficient (Wildman–Crippen LogP) is 5.18. The number of nitrogens with zero attached hydrogens (tertiary/aromatic N) is 3. The topological polar surface area (TPSA) is 94.2 Å². The summed E-state index contributed by atoms with van der Waals surface area (Å²) in [7, 11) is 0. The quantitative estimate of drug-likeness (QED) is 0.393. The number of halogens is 1. The van der Waals surface area contributed by atoms with Crippen LogP contribution in [0.25, 0.3) is 28.0 Å². The van der Waals surface area contributed by atoms with Crippen LogP contribution in [0.3, 0.4) is 0 Å². The highest BCUT2D eigenvalue weighted by molar-refractivity contribution is 6.30. The van der Waals surface area contributed by atoms with Crippen LogP contribution in [0.2, 0.25) is 5.02 Å². The molecule has 7 heteroatoms. The van der Waals surface area contributed by atoms with Gasteiger partial charge in [0.1, 0.15) is 11.4 Å². The van der Waals surface area contributed by atoms with Gasteiger partial charge in [0.2, 0.25) is 0 Å². The molecule has 0 atom stereocenters. The third-order valence-corrected chi connectivity index (χ3v) is 5.70. The molecule has 3 aromatic carbocycles. The van der Waals surface area contributed by atoms with E-state index in [1.54, 1.807) is 28.8 Å². The van der Waals surface area contributed by atoms with E-state index in [0.717, 1.165) is 22.4 Å². The molecular weight excluding hydrogens is 436 g/mol. The molecule has 160 valence electrons. The van der Waals surface area contributed by atoms with Crippen LogP contribution in [0.5, 0.6) is 5.75 Å². The summed E-state index contributed by atoms with van der Waals surface area (Å²) in [5.41, 5.74) is 4.80. The number of fused-ring (bicyclic) bond motifs is 1. The van der Waals surface area contributed by atoms with E-state index < -0.39 is 0 Å². The molecular formula is C26H17ClN4O2. The molecule has 0 bridgehead atoms. The van der Waals surface area contributed by atoms with E-state index in [4.69, 9.17) is 22.0 Å². The number of aromatic hydroxyl groups is 1. The number of rotatable bonds is 4. The highest BCUT2D eigenvalue weighted by atomic mass is 35.5. The molecule has 0 aliphatic heterocycles. The molecule has 33 heavy (non-hydrogen) atoms. The lowest BCUT2D eigenvalue weighted by Gasteiger charge is -2.08. The van der Waals surface area contributed by atoms with Gasteiger partial charge in [0.05, 0.1) is 23.0 Å². The van der Waals surface area contributed by atoms with Crippen LogP contribution in [0.4, 0.5) is 0 Å². The first-order chi connectivity index (χ1) is 16.0. The molecule has 0 amide bonds. The lowest BCUT2D eigenvalue weighted by molar-refractivity contribution is 0.476. The largest absolute Gasteiger partial charge is 0.507 e. The summed E-state index contributed by atoms with van der Waals surface area (Å²) >= 11 is 6.10. The minimum Gasteiger partial charge on any atom is -0.507 e. The Kier molecular flexibility index (Phi) is 5.17. The SMILES string of the molecule is N#Cc1ccc(-c2cc(=O)[nH]c3c(-c4ccc(Cl)cc4)c(Cc4ccccc4)nn23)c(O)c1. The van der Waals surface area contributed by atoms with E-state index in [1.165, 1.54) is 12.1 Å². The highest BCUT2D eigenvalue weighted by Crippen LogP contribution is 2.34. The molecule has 5 aromatic rings. The van der Waals surface area contributed by atoms with Crippen molar-refractivity contribution in [2.24, 2.45) is 0 Å². The highest BCUT2D eigenvalue weighted by Gasteiger charge is 2.20. The summed E-state index contributed by atoms with van der Waals surface area (Å²) < 4.78 is 1.63. The fourth-order valence-corrected chi connectivity index (χ4v) is 4.06. The van der Waals surface area contributed by atoms with Gasteiger partial charge in [-0.15, -0.1) is 0 Å². The third kappa shape index (κ3) is 3.86. The van der Waals surface area contributed by atoms with Crippen LogP contribution >= 0.6 is 11.6 Å². The van der Waals surface area contributed by atoms with Gasteiger partial charge in [0.15, 0.2) is 0 Å². The molecule has 5 rings (SSSR count). The Morgan fingerprint density at radius 3 is 2.48 bits per heavy atom. The van der Waals surface area contributed by atoms with Gasteiger partial charge in [-0.3, -0.25) is 4.79 Å². The van der Waals surface area contributed by atoms with Crippen LogP contribution in [0.15, 0.2) is 83.7 Å². The van der Waals surface area contributed by atoms with E-state index in [9.17, 15) is 9.90 Å². The average Bonchev–Trinajstić information content (AvgIpc) is 3.17. The van der Waals surface area contributed by atoms with Gasteiger partial charge in [-0.2, -0.15) is 10.4 Å². The lowest BCUT2D eigenvalue weighted by Crippen LogP contribution is -2.10. The monoisotopic (exact) mass is 452 g/mol. The summed E-state index contributed by atoms with van der Waals surface area (Å²) in [5.74, 6) is -0.103. The van der Waals surface area contributed by atoms with E-state index in [1.807, 2.05) is 48.5 Å². The smallest absolute Gasteiger partial charge is 0.251 e. The fraction of sp³-hybridized carbons (Fsp3) is 0.0385. The maximum atomic E-state index is 12.7. The summed E-state index contributed by atoms with van der Waals surface area (Å²) in [6, 6.07) is 25.3. The van der Waals surface area contributed by atoms with Crippen LogP contribution in [-0.2, 0) is 6.42 Å². The summed E-state index contributed by atoms with van der Waals surface area (Å²) in [6.07, 6.45) is 0.543. The molecule has 0 unspecified atom stereocenters. The number of hydrogen-bond donors (Lipinski definition) is 2. The number of nitriles is 1. The van der Waals surface area contributed by atoms with E-state index >= 15 is 0 Å². The van der Waals surface area contributed by atoms with Crippen LogP contribution < -0.4 is 5.56 Å². The Balaban J connectivity index is 1.80. The second-order valence-corrected chi connectivity index (χ2v) is 8.05. The van der Waals surface area contributed by atoms with Gasteiger partial charge in [0.25, 0.3) is 5.56 Å². The zero-order valence-electron chi connectivity index (χ0n) is 17.3. The van der Waals surface area contributed by atoms with Crippen LogP contribution in [0.1, 0.15) is 16.8 Å². The Hall–Kier alpha value is -4.34. The number of H-pyrrole nitrogens is 1. The van der Waals surface area contributed by atoms with Gasteiger partial charge >= 0.3 is 0 Å². The Labute approximate surface area is 194 Å². The average molecular weight is 453 g/mol. The van der Waals surface area contributed by atoms with Gasteiger partial charge < -0.3 is 10.1 Å². The first-order valence-electron chi connectivity index (χ1n) is 10.2. The van der Waals surface area contributed by atoms with Gasteiger partial charge in [-0.25, -0.2) is 4.52 Å². The minimum absolute atomic E-state index is 0.103. The molecule has 2 N–H and O–H groups in total. The molecule has 0 aliphatic carbocycles. The molecule has 0 radical (unpaired) electrons. The second-order valence-electron chi connectivity index (χ2n) is 7.61. The first kappa shape index (κ1) is 20.6. The molecule has 0 spiro atoms. The number of benzene rings is 3. The Bertz CT molecular complexity index is 1580. The molecule has 0 saturated heterocycles. The van der Waals surface area contributed by atoms with Crippen molar-refractivity contribution in [1.29, 1.82) is 5.26 Å². The van der Waals surface area contributed by atoms with E-state index in [-0.39, 0.29) is 11.3 Å². The molecule has 2 heterocycles. The molecule has 2 aromatic heterocycles. The zero-order chi connectivity index (χ0) is 22.9. The second kappa shape index (κ2) is 8.30. The van der Waals surface area contributed by atoms with Crippen LogP contribution in [-0.4, -0.2) is 19.7 Å². The van der Waals surface area contributed by atoms with Crippen molar-refractivity contribution in [1.82, 2.24) is 14.6 Å². The normalized spacial score (nSPS) is 10.9. The maximum Gasteiger partial charge on any atom is 0.251 e. The van der Waals surface area contributed by atoms with Gasteiger partial charge in [0, 0.05) is 28.6 Å². The summed E-state index contributed by atoms with van der Waals surface area (Å²) in [5, 5.41) is 25.1. The maximum absolute atomic E-state index is 12.7. The molecule has 6 nitrogen and oxygen atoms in total. The number of phenols is 1. The number of nitrogens with one attached hydrogen (secondary N) is 1. The van der Waals surface area contributed by atoms with Crippen LogP contribution in [0, 0.1) is 11.3 Å². The number of hydrogen-bond acceptors (Lipinski definition) is 4. The minimum atomic E-state index is -0.331. The predicted molar refractivity (Wildman–Crippen MR) is 127 cm³/mol. The fourth-order valence-electron chi connectivity index (χ4n) is 3.93. The Morgan fingerprint density at radius 1 is 1.03 bits per heavy atom. The van der Waals surface area contributed by atoms with Crippen molar-refractivity contribution in [2.45, 2.75) is 6.42 Å². The van der Waals surface area contributed by atoms with Crippen molar-refractivity contribution in [2.75, 3.05) is 0 Å². The van der Waals surface area contributed by atoms with Crippen molar-refractivity contribution in [3.05, 3.63) is 111 Å². The molecule has 0 fully saturated rings. The number of aromatic amines is 1. The van der Waals surface area contributed by atoms with Crippen molar-refractivity contribution in [3.63, 3.8) is 0 Å². The number of phenolic OH excluding ortho intramolecular Hbond substituents is 1. The van der Waals surface area contributed by atoms with Gasteiger partial charge in [-0.05, 0) is 41.5 Å². The molecule has 0 aliphatic rings. The van der Waals surface area contributed by atoms with E-state index in [0.29, 0.717) is 33.9 Å². The standard InChI is InChI=1S/C26H17ClN4O2/c27-19-9-7-18(8-10-19)25-21(12-16-4-2-1-3-5-16)30-31-22(14-24(33)29-26(25)31)20-11-6-17(15-28)13-23(20)32/h1-11,13-14,32H,12H2,(H,29,33). The molecule has 0 saturated carbocycles. The van der Waals surface area contributed by atoms with Crippen molar-refractivity contribution in [3.8, 4) is 34.2 Å². The lowest BCUT2D eigenvalue weighted by atomic mass is 10.0. The summed E-state index contributed by atoms with van der Waals surface area (Å²) in [4.78, 5) is 15.6. The van der Waals surface area contributed by atoms with Crippen molar-refractivity contribution < 1.29 is 5.11 Å². The Morgan fingerprint density at radius 2 is 1.79 bits per heavy atom. The first-order valence-corrected chi connectivity index (χ1v) is 10.6. The van der Waals surface area contributed by atoms with E-state index in [2.05, 4.69) is 4.98 Å².